The molecular weight excluding hydrogens is 245 g/mol. The summed E-state index contributed by atoms with van der Waals surface area (Å²) >= 11 is 0. The van der Waals surface area contributed by atoms with Gasteiger partial charge >= 0.3 is 6.18 Å². The molecule has 2 heterocycles. The van der Waals surface area contributed by atoms with Gasteiger partial charge in [0.1, 0.15) is 5.82 Å². The van der Waals surface area contributed by atoms with E-state index in [9.17, 15) is 13.2 Å². The first kappa shape index (κ1) is 13.2. The van der Waals surface area contributed by atoms with Gasteiger partial charge in [-0.25, -0.2) is 0 Å². The van der Waals surface area contributed by atoms with Crippen LogP contribution in [0.2, 0.25) is 0 Å². The van der Waals surface area contributed by atoms with Gasteiger partial charge in [0.2, 0.25) is 5.82 Å². The molecule has 1 N–H and O–H groups in total. The van der Waals surface area contributed by atoms with Crippen molar-refractivity contribution in [3.8, 4) is 0 Å². The Balaban J connectivity index is 0.00000128. The smallest absolute Gasteiger partial charge is 0.305 e. The molecule has 0 saturated carbocycles. The largest absolute Gasteiger partial charge is 0.451 e. The number of nitrogens with one attached hydrogen (secondary N) is 1. The number of halogens is 4. The molecule has 16 heavy (non-hydrogen) atoms. The third-order valence-electron chi connectivity index (χ3n) is 2.52. The number of alkyl halides is 3. The molecule has 2 atom stereocenters. The maximum absolute atomic E-state index is 12.6. The topological polar surface area (TPSA) is 42.7 Å². The van der Waals surface area contributed by atoms with Crippen molar-refractivity contribution >= 4 is 12.4 Å². The first-order chi connectivity index (χ1) is 6.91. The monoisotopic (exact) mass is 256 g/mol. The lowest BCUT2D eigenvalue weighted by Crippen LogP contribution is -2.36. The van der Waals surface area contributed by atoms with Crippen molar-refractivity contribution in [2.75, 3.05) is 6.54 Å². The summed E-state index contributed by atoms with van der Waals surface area (Å²) in [5.74, 6) is -0.556. The molecule has 1 aromatic rings. The van der Waals surface area contributed by atoms with Crippen LogP contribution in [0.25, 0.3) is 0 Å². The minimum absolute atomic E-state index is 0. The molecule has 0 fully saturated rings. The van der Waals surface area contributed by atoms with Crippen LogP contribution in [0.1, 0.15) is 37.6 Å². The van der Waals surface area contributed by atoms with Gasteiger partial charge in [-0.3, -0.25) is 0 Å². The predicted molar refractivity (Wildman–Crippen MR) is 53.4 cm³/mol. The standard InChI is InChI=1S/C8H11F3N4.ClH/c1-4-3-12-5(2)6-13-14-7(15(4)6)8(9,10)11;/h4-5,12H,3H2,1-2H3;1H. The summed E-state index contributed by atoms with van der Waals surface area (Å²) in [6, 6.07) is -0.465. The highest BCUT2D eigenvalue weighted by molar-refractivity contribution is 5.85. The van der Waals surface area contributed by atoms with Gasteiger partial charge in [-0.05, 0) is 13.8 Å². The van der Waals surface area contributed by atoms with Crippen LogP contribution >= 0.6 is 12.4 Å². The third kappa shape index (κ3) is 2.01. The Labute approximate surface area is 96.6 Å². The summed E-state index contributed by atoms with van der Waals surface area (Å²) in [4.78, 5) is 0. The number of rotatable bonds is 0. The molecule has 1 aliphatic heterocycles. The lowest BCUT2D eigenvalue weighted by Gasteiger charge is -2.28. The second-order valence-corrected chi connectivity index (χ2v) is 3.73. The zero-order valence-corrected chi connectivity index (χ0v) is 9.56. The molecule has 0 radical (unpaired) electrons. The molecule has 0 aliphatic carbocycles. The van der Waals surface area contributed by atoms with Crippen LogP contribution in [0.3, 0.4) is 0 Å². The Morgan fingerprint density at radius 2 is 1.94 bits per heavy atom. The van der Waals surface area contributed by atoms with Crippen LogP contribution in [0, 0.1) is 0 Å². The van der Waals surface area contributed by atoms with Crippen LogP contribution in [0.5, 0.6) is 0 Å². The van der Waals surface area contributed by atoms with E-state index in [1.54, 1.807) is 13.8 Å². The Kier molecular flexibility index (Phi) is 3.49. The molecule has 1 aliphatic rings. The van der Waals surface area contributed by atoms with E-state index in [0.717, 1.165) is 0 Å². The number of aromatic nitrogens is 3. The molecule has 8 heteroatoms. The van der Waals surface area contributed by atoms with Crippen LogP contribution in [0.4, 0.5) is 13.2 Å². The molecule has 0 saturated heterocycles. The van der Waals surface area contributed by atoms with Crippen molar-refractivity contribution in [2.45, 2.75) is 32.1 Å². The van der Waals surface area contributed by atoms with E-state index in [-0.39, 0.29) is 24.5 Å². The summed E-state index contributed by atoms with van der Waals surface area (Å²) in [7, 11) is 0. The number of hydrogen-bond acceptors (Lipinski definition) is 3. The van der Waals surface area contributed by atoms with Crippen molar-refractivity contribution < 1.29 is 13.2 Å². The van der Waals surface area contributed by atoms with Gasteiger partial charge in [0.25, 0.3) is 0 Å². The Hall–Kier alpha value is -0.820. The maximum Gasteiger partial charge on any atom is 0.451 e. The third-order valence-corrected chi connectivity index (χ3v) is 2.52. The van der Waals surface area contributed by atoms with Crippen LogP contribution in [-0.2, 0) is 6.18 Å². The zero-order valence-electron chi connectivity index (χ0n) is 8.75. The molecule has 0 spiro atoms. The van der Waals surface area contributed by atoms with Crippen molar-refractivity contribution in [3.63, 3.8) is 0 Å². The van der Waals surface area contributed by atoms with Crippen LogP contribution in [-0.4, -0.2) is 21.3 Å². The van der Waals surface area contributed by atoms with E-state index in [1.165, 1.54) is 4.57 Å². The summed E-state index contributed by atoms with van der Waals surface area (Å²) < 4.78 is 38.9. The highest BCUT2D eigenvalue weighted by Gasteiger charge is 2.41. The van der Waals surface area contributed by atoms with Crippen LogP contribution in [0.15, 0.2) is 0 Å². The van der Waals surface area contributed by atoms with E-state index in [4.69, 9.17) is 0 Å². The van der Waals surface area contributed by atoms with Crippen molar-refractivity contribution in [3.05, 3.63) is 11.6 Å². The lowest BCUT2D eigenvalue weighted by atomic mass is 10.2. The highest BCUT2D eigenvalue weighted by atomic mass is 35.5. The Bertz CT molecular complexity index is 376. The fourth-order valence-corrected chi connectivity index (χ4v) is 1.76. The van der Waals surface area contributed by atoms with E-state index in [1.807, 2.05) is 0 Å². The molecule has 0 amide bonds. The minimum atomic E-state index is -4.43. The molecule has 2 rings (SSSR count). The van der Waals surface area contributed by atoms with Gasteiger partial charge in [0.15, 0.2) is 0 Å². The fraction of sp³-hybridized carbons (Fsp3) is 0.750. The average Bonchev–Trinajstić information content (AvgIpc) is 2.55. The average molecular weight is 257 g/mol. The number of hydrogen-bond donors (Lipinski definition) is 1. The second kappa shape index (κ2) is 4.21. The van der Waals surface area contributed by atoms with Gasteiger partial charge in [-0.1, -0.05) is 0 Å². The highest BCUT2D eigenvalue weighted by Crippen LogP contribution is 2.32. The normalized spacial score (nSPS) is 24.8. The summed E-state index contributed by atoms with van der Waals surface area (Å²) in [6.07, 6.45) is -4.43. The van der Waals surface area contributed by atoms with Gasteiger partial charge in [0, 0.05) is 12.6 Å². The Morgan fingerprint density at radius 3 is 2.50 bits per heavy atom. The van der Waals surface area contributed by atoms with Crippen molar-refractivity contribution in [1.82, 2.24) is 20.1 Å². The molecule has 1 aromatic heterocycles. The van der Waals surface area contributed by atoms with E-state index < -0.39 is 12.0 Å². The van der Waals surface area contributed by atoms with E-state index in [0.29, 0.717) is 12.4 Å². The number of fused-ring (bicyclic) bond motifs is 1. The summed E-state index contributed by atoms with van der Waals surface area (Å²) in [6.45, 7) is 3.98. The SMILES string of the molecule is CC1NCC(C)n2c1nnc2C(F)(F)F.Cl. The predicted octanol–water partition coefficient (Wildman–Crippen LogP) is 1.94. The summed E-state index contributed by atoms with van der Waals surface area (Å²) in [5.41, 5.74) is 0. The molecular formula is C8H12ClF3N4. The van der Waals surface area contributed by atoms with Crippen molar-refractivity contribution in [2.24, 2.45) is 0 Å². The first-order valence-electron chi connectivity index (χ1n) is 4.66. The maximum atomic E-state index is 12.6. The Morgan fingerprint density at radius 1 is 1.31 bits per heavy atom. The number of nitrogens with zero attached hydrogens (tertiary/aromatic N) is 3. The van der Waals surface area contributed by atoms with Crippen molar-refractivity contribution in [1.29, 1.82) is 0 Å². The summed E-state index contributed by atoms with van der Waals surface area (Å²) in [5, 5.41) is 9.86. The molecule has 0 bridgehead atoms. The van der Waals surface area contributed by atoms with Crippen LogP contribution < -0.4 is 5.32 Å². The van der Waals surface area contributed by atoms with Gasteiger partial charge in [-0.15, -0.1) is 22.6 Å². The fourth-order valence-electron chi connectivity index (χ4n) is 1.76. The van der Waals surface area contributed by atoms with Gasteiger partial charge < -0.3 is 9.88 Å². The first-order valence-corrected chi connectivity index (χ1v) is 4.66. The second-order valence-electron chi connectivity index (χ2n) is 3.73. The zero-order chi connectivity index (χ0) is 11.2. The molecule has 92 valence electrons. The lowest BCUT2D eigenvalue weighted by molar-refractivity contribution is -0.148. The molecule has 4 nitrogen and oxygen atoms in total. The molecule has 0 aromatic carbocycles. The van der Waals surface area contributed by atoms with Gasteiger partial charge in [0.05, 0.1) is 6.04 Å². The van der Waals surface area contributed by atoms with E-state index >= 15 is 0 Å². The minimum Gasteiger partial charge on any atom is -0.305 e. The van der Waals surface area contributed by atoms with Gasteiger partial charge in [-0.2, -0.15) is 13.2 Å². The van der Waals surface area contributed by atoms with E-state index in [2.05, 4.69) is 15.5 Å². The molecule has 2 unspecified atom stereocenters. The quantitative estimate of drug-likeness (QED) is 0.771.